The number of carbonyl (C=O) groups is 4. The van der Waals surface area contributed by atoms with Crippen molar-refractivity contribution in [2.75, 3.05) is 27.9 Å². The van der Waals surface area contributed by atoms with Gasteiger partial charge in [0.1, 0.15) is 24.0 Å². The summed E-state index contributed by atoms with van der Waals surface area (Å²) in [4.78, 5) is 58.0. The average molecular weight is 807 g/mol. The molecule has 1 unspecified atom stereocenters. The third-order valence-electron chi connectivity index (χ3n) is 12.8. The number of methoxy groups -OCH3 is 3. The number of carbonyl (C=O) groups excluding carboxylic acids is 4. The molecule has 3 N–H and O–H groups in total. The molecular weight excluding hydrogens is 735 g/mol. The number of hydrogen-bond acceptors (Lipinski definition) is 12. The minimum atomic E-state index is -2.54. The zero-order chi connectivity index (χ0) is 43.8. The number of esters is 1. The quantitative estimate of drug-likeness (QED) is 0.141. The molecule has 0 spiro atoms. The predicted octanol–water partition coefficient (Wildman–Crippen LogP) is 4.64. The van der Waals surface area contributed by atoms with E-state index in [9.17, 15) is 34.5 Å². The van der Waals surface area contributed by atoms with Crippen LogP contribution in [0, 0.1) is 29.6 Å². The van der Waals surface area contributed by atoms with Gasteiger partial charge in [-0.3, -0.25) is 14.4 Å². The molecule has 14 atom stereocenters. The molecule has 0 radical (unpaired) electrons. The van der Waals surface area contributed by atoms with Crippen LogP contribution in [0.4, 0.5) is 0 Å². The highest BCUT2D eigenvalue weighted by Gasteiger charge is 2.56. The van der Waals surface area contributed by atoms with Crippen molar-refractivity contribution in [1.29, 1.82) is 0 Å². The van der Waals surface area contributed by atoms with Gasteiger partial charge in [0.15, 0.2) is 0 Å². The van der Waals surface area contributed by atoms with Crippen molar-refractivity contribution in [2.45, 2.75) is 160 Å². The molecule has 4 aliphatic rings. The van der Waals surface area contributed by atoms with Gasteiger partial charge in [-0.25, -0.2) is 4.79 Å². The Hall–Kier alpha value is -2.78. The molecule has 4 rings (SSSR count). The average Bonchev–Trinajstić information content (AvgIpc) is 3.20. The Bertz CT molecular complexity index is 1570. The van der Waals surface area contributed by atoms with Gasteiger partial charge >= 0.3 is 5.97 Å². The van der Waals surface area contributed by atoms with Crippen LogP contribution in [-0.2, 0) is 42.9 Å². The molecule has 1 aliphatic carbocycles. The van der Waals surface area contributed by atoms with Crippen molar-refractivity contribution >= 4 is 23.4 Å². The second-order valence-corrected chi connectivity index (χ2v) is 17.2. The summed E-state index contributed by atoms with van der Waals surface area (Å²) in [6.45, 7) is 8.59. The number of aliphatic hydroxyl groups excluding tert-OH is 2. The van der Waals surface area contributed by atoms with E-state index in [-0.39, 0.29) is 56.0 Å². The SMILES string of the molecule is [2H][13C]([2H])=CC[C@@H]1/C=C(\C)C[C@H](C)C[C@H](OC)[C@H]2O[C@@](O)(C(=O)C(=O)N3CCCC[C@H]3C(=O)OC(/C(C)=C/[C@@H]3CC[C@@H](O)[C@H](OC)C3)[C@H](C)[C@@H](O)CC1=O)[C@H](C)C[C@@H]2OC. The van der Waals surface area contributed by atoms with Crippen molar-refractivity contribution in [3.63, 3.8) is 0 Å². The van der Waals surface area contributed by atoms with E-state index >= 15 is 0 Å². The zero-order valence-corrected chi connectivity index (χ0v) is 35.2. The monoisotopic (exact) mass is 806 g/mol. The van der Waals surface area contributed by atoms with E-state index in [0.717, 1.165) is 10.5 Å². The third kappa shape index (κ3) is 11.3. The highest BCUT2D eigenvalue weighted by Crippen LogP contribution is 2.39. The van der Waals surface area contributed by atoms with Gasteiger partial charge in [-0.1, -0.05) is 44.6 Å². The van der Waals surface area contributed by atoms with Gasteiger partial charge in [-0.05, 0) is 95.5 Å². The number of ether oxygens (including phenoxy) is 5. The van der Waals surface area contributed by atoms with Gasteiger partial charge in [-0.15, -0.1) is 6.53 Å². The molecule has 13 heteroatoms. The molecule has 1 saturated carbocycles. The zero-order valence-electron chi connectivity index (χ0n) is 37.2. The Kier molecular flexibility index (Phi) is 16.1. The first-order valence-electron chi connectivity index (χ1n) is 21.8. The summed E-state index contributed by atoms with van der Waals surface area (Å²) in [6, 6.07) is -1.18. The first-order valence-corrected chi connectivity index (χ1v) is 20.8. The van der Waals surface area contributed by atoms with Crippen LogP contribution in [0.3, 0.4) is 0 Å². The third-order valence-corrected chi connectivity index (χ3v) is 12.8. The van der Waals surface area contributed by atoms with Crippen molar-refractivity contribution in [1.82, 2.24) is 4.90 Å². The normalized spacial score (nSPS) is 41.4. The van der Waals surface area contributed by atoms with E-state index in [4.69, 9.17) is 26.4 Å². The first-order chi connectivity index (χ1) is 27.8. The summed E-state index contributed by atoms with van der Waals surface area (Å²) in [5.74, 6) is -8.41. The van der Waals surface area contributed by atoms with Crippen molar-refractivity contribution in [2.24, 2.45) is 29.6 Å². The molecule has 2 saturated heterocycles. The van der Waals surface area contributed by atoms with Crippen LogP contribution >= 0.6 is 0 Å². The molecule has 3 heterocycles. The van der Waals surface area contributed by atoms with Gasteiger partial charge < -0.3 is 43.9 Å². The lowest BCUT2D eigenvalue weighted by Gasteiger charge is -2.47. The molecule has 13 nitrogen and oxygen atoms in total. The molecule has 0 aromatic heterocycles. The molecular formula is C44H69NO12. The summed E-state index contributed by atoms with van der Waals surface area (Å²) in [5, 5.41) is 34.2. The van der Waals surface area contributed by atoms with Crippen molar-refractivity contribution in [3.8, 4) is 0 Å². The van der Waals surface area contributed by atoms with E-state index in [1.54, 1.807) is 27.9 Å². The molecule has 3 fully saturated rings. The molecule has 1 amide bonds. The predicted molar refractivity (Wildman–Crippen MR) is 213 cm³/mol. The lowest BCUT2D eigenvalue weighted by molar-refractivity contribution is -0.302. The highest BCUT2D eigenvalue weighted by molar-refractivity contribution is 6.39. The van der Waals surface area contributed by atoms with Gasteiger partial charge in [0.25, 0.3) is 11.7 Å². The number of hydrogen-bond donors (Lipinski definition) is 3. The number of nitrogens with zero attached hydrogens (tertiary/aromatic N) is 1. The Morgan fingerprint density at radius 1 is 0.965 bits per heavy atom. The standard InChI is InChI=1S/C44H69NO12/c1-10-13-31-19-25(2)18-26(3)20-37(54-8)40-38(55-9)22-28(5)44(52,57-40)41(49)42(50)45-17-12-11-14-32(45)43(51)56-39(29(6)34(47)24-35(31)48)27(4)21-30-15-16-33(46)36(23-30)53-7/h10,19,21,26,28-34,36-40,46-47,52H,1,11-18,20,22-24H2,2-9H3/b25-19+,27-21+/t26-,28+,29+,30-,31+,32-,33+,34-,36+,37-,38-,39?,40+,44+/m0/s1/i1+1D2. The Morgan fingerprint density at radius 3 is 2.32 bits per heavy atom. The summed E-state index contributed by atoms with van der Waals surface area (Å²) in [6.07, 6.45) is 3.43. The van der Waals surface area contributed by atoms with Crippen LogP contribution < -0.4 is 0 Å². The number of allylic oxidation sites excluding steroid dienone is 4. The van der Waals surface area contributed by atoms with E-state index in [1.807, 2.05) is 26.0 Å². The number of piperidine rings is 1. The van der Waals surface area contributed by atoms with E-state index in [0.29, 0.717) is 50.5 Å². The Morgan fingerprint density at radius 2 is 1.65 bits per heavy atom. The molecule has 0 aromatic carbocycles. The summed E-state index contributed by atoms with van der Waals surface area (Å²) in [7, 11) is 4.55. The van der Waals surface area contributed by atoms with Crippen molar-refractivity contribution < 1.29 is 60.9 Å². The number of aliphatic hydroxyl groups is 3. The summed E-state index contributed by atoms with van der Waals surface area (Å²) < 4.78 is 45.1. The van der Waals surface area contributed by atoms with Crippen LogP contribution in [-0.4, -0.2) is 126 Å². The minimum Gasteiger partial charge on any atom is -0.456 e. The number of amides is 1. The van der Waals surface area contributed by atoms with Crippen LogP contribution in [0.25, 0.3) is 0 Å². The van der Waals surface area contributed by atoms with Gasteiger partial charge in [-0.2, -0.15) is 0 Å². The van der Waals surface area contributed by atoms with Gasteiger partial charge in [0.2, 0.25) is 5.79 Å². The van der Waals surface area contributed by atoms with Crippen LogP contribution in [0.5, 0.6) is 0 Å². The van der Waals surface area contributed by atoms with Crippen LogP contribution in [0.15, 0.2) is 35.9 Å². The number of cyclic esters (lactones) is 1. The molecule has 322 valence electrons. The number of fused-ring (bicyclic) bond motifs is 3. The fourth-order valence-electron chi connectivity index (χ4n) is 9.37. The maximum absolute atomic E-state index is 14.3. The van der Waals surface area contributed by atoms with E-state index in [1.165, 1.54) is 20.3 Å². The summed E-state index contributed by atoms with van der Waals surface area (Å²) in [5.41, 5.74) is 1.47. The minimum absolute atomic E-state index is 0.0448. The second-order valence-electron chi connectivity index (χ2n) is 17.2. The Labute approximate surface area is 342 Å². The maximum atomic E-state index is 14.3. The molecule has 3 aliphatic heterocycles. The molecule has 57 heavy (non-hydrogen) atoms. The van der Waals surface area contributed by atoms with Crippen LogP contribution in [0.1, 0.15) is 108 Å². The molecule has 2 bridgehead atoms. The fourth-order valence-corrected chi connectivity index (χ4v) is 9.37. The smallest absolute Gasteiger partial charge is 0.329 e. The lowest BCUT2D eigenvalue weighted by Crippen LogP contribution is -2.64. The van der Waals surface area contributed by atoms with Gasteiger partial charge in [0.05, 0.1) is 33.3 Å². The number of ketones is 2. The number of rotatable bonds is 7. The summed E-state index contributed by atoms with van der Waals surface area (Å²) >= 11 is 0. The maximum Gasteiger partial charge on any atom is 0.329 e. The fraction of sp³-hybridized carbons (Fsp3) is 0.773. The van der Waals surface area contributed by atoms with Gasteiger partial charge in [0, 0.05) is 52.0 Å². The largest absolute Gasteiger partial charge is 0.456 e. The second kappa shape index (κ2) is 21.0. The van der Waals surface area contributed by atoms with E-state index in [2.05, 4.69) is 0 Å². The first kappa shape index (κ1) is 43.8. The topological polar surface area (TPSA) is 178 Å². The lowest BCUT2D eigenvalue weighted by atomic mass is 9.81. The van der Waals surface area contributed by atoms with Crippen molar-refractivity contribution in [3.05, 3.63) is 35.9 Å². The van der Waals surface area contributed by atoms with E-state index < -0.39 is 90.4 Å². The highest BCUT2D eigenvalue weighted by atomic mass is 16.7. The Balaban J connectivity index is 1.80. The molecule has 0 aromatic rings. The number of Topliss-reactive ketones (excluding diaryl/α,β-unsaturated/α-hetero) is 2. The van der Waals surface area contributed by atoms with Crippen LogP contribution in [0.2, 0.25) is 0 Å².